The van der Waals surface area contributed by atoms with Crippen molar-refractivity contribution in [2.45, 2.75) is 64.9 Å². The lowest BCUT2D eigenvalue weighted by Gasteiger charge is -2.32. The van der Waals surface area contributed by atoms with E-state index in [2.05, 4.69) is 4.90 Å². The van der Waals surface area contributed by atoms with Crippen molar-refractivity contribution in [3.05, 3.63) is 23.3 Å². The number of carbonyl (C=O) groups excluding carboxylic acids is 2. The van der Waals surface area contributed by atoms with Gasteiger partial charge in [0.05, 0.1) is 12.1 Å². The Morgan fingerprint density at radius 2 is 2.07 bits per heavy atom. The van der Waals surface area contributed by atoms with Gasteiger partial charge < -0.3 is 19.7 Å². The SMILES string of the molecule is C/C=C(/C)C(=O)O[C@H]1CCN2CC=C(COC(=O)[C@](O)(C(C)C)[C@@H](C)O)[C@H]12. The van der Waals surface area contributed by atoms with Gasteiger partial charge in [0.15, 0.2) is 5.60 Å². The van der Waals surface area contributed by atoms with Crippen LogP contribution in [-0.2, 0) is 19.1 Å². The summed E-state index contributed by atoms with van der Waals surface area (Å²) in [5.41, 5.74) is -0.542. The Kier molecular flexibility index (Phi) is 6.83. The standard InChI is InChI=1S/C20H31NO6/c1-6-13(4)18(23)27-16-8-10-21-9-7-15(17(16)21)11-26-19(24)20(25,12(2)3)14(5)22/h6-7,12,14,16-17,22,25H,8-11H2,1-5H3/b13-6-/t14-,16+,17-,20+/m1/s1. The van der Waals surface area contributed by atoms with Crippen LogP contribution in [0.4, 0.5) is 0 Å². The molecule has 7 heteroatoms. The summed E-state index contributed by atoms with van der Waals surface area (Å²) < 4.78 is 11.0. The van der Waals surface area contributed by atoms with E-state index in [1.165, 1.54) is 6.92 Å². The molecule has 4 atom stereocenters. The third-order valence-corrected chi connectivity index (χ3v) is 5.64. The summed E-state index contributed by atoms with van der Waals surface area (Å²) in [4.78, 5) is 26.7. The lowest BCUT2D eigenvalue weighted by molar-refractivity contribution is -0.183. The van der Waals surface area contributed by atoms with Crippen LogP contribution in [0.15, 0.2) is 23.3 Å². The maximum absolute atomic E-state index is 12.4. The average molecular weight is 381 g/mol. The predicted octanol–water partition coefficient (Wildman–Crippen LogP) is 1.19. The second-order valence-corrected chi connectivity index (χ2v) is 7.66. The minimum atomic E-state index is -1.95. The number of carbonyl (C=O) groups is 2. The molecule has 0 radical (unpaired) electrons. The number of aliphatic hydroxyl groups excluding tert-OH is 1. The van der Waals surface area contributed by atoms with E-state index in [0.717, 1.165) is 18.5 Å². The fourth-order valence-electron chi connectivity index (χ4n) is 3.63. The lowest BCUT2D eigenvalue weighted by atomic mass is 9.85. The molecule has 0 aromatic carbocycles. The smallest absolute Gasteiger partial charge is 0.341 e. The number of nitrogens with zero attached hydrogens (tertiary/aromatic N) is 1. The zero-order chi connectivity index (χ0) is 20.4. The Morgan fingerprint density at radius 1 is 1.41 bits per heavy atom. The Labute approximate surface area is 160 Å². The van der Waals surface area contributed by atoms with Gasteiger partial charge >= 0.3 is 11.9 Å². The van der Waals surface area contributed by atoms with Crippen LogP contribution in [0.2, 0.25) is 0 Å². The second-order valence-electron chi connectivity index (χ2n) is 7.66. The molecule has 1 fully saturated rings. The van der Waals surface area contributed by atoms with Crippen molar-refractivity contribution in [3.63, 3.8) is 0 Å². The number of fused-ring (bicyclic) bond motifs is 1. The van der Waals surface area contributed by atoms with Gasteiger partial charge in [-0.1, -0.05) is 26.0 Å². The van der Waals surface area contributed by atoms with Crippen molar-refractivity contribution < 1.29 is 29.3 Å². The Morgan fingerprint density at radius 3 is 2.63 bits per heavy atom. The van der Waals surface area contributed by atoms with Crippen molar-refractivity contribution in [2.24, 2.45) is 5.92 Å². The molecule has 0 bridgehead atoms. The van der Waals surface area contributed by atoms with E-state index < -0.39 is 23.6 Å². The Bertz CT molecular complexity index is 628. The monoisotopic (exact) mass is 381 g/mol. The second kappa shape index (κ2) is 8.54. The van der Waals surface area contributed by atoms with E-state index in [0.29, 0.717) is 12.1 Å². The van der Waals surface area contributed by atoms with Gasteiger partial charge in [0.1, 0.15) is 12.7 Å². The minimum Gasteiger partial charge on any atom is -0.459 e. The lowest BCUT2D eigenvalue weighted by Crippen LogP contribution is -2.53. The van der Waals surface area contributed by atoms with Gasteiger partial charge in [-0.15, -0.1) is 0 Å². The predicted molar refractivity (Wildman–Crippen MR) is 99.8 cm³/mol. The molecular formula is C20H31NO6. The molecule has 27 heavy (non-hydrogen) atoms. The third kappa shape index (κ3) is 4.25. The summed E-state index contributed by atoms with van der Waals surface area (Å²) in [5.74, 6) is -1.68. The van der Waals surface area contributed by atoms with Crippen LogP contribution in [0.5, 0.6) is 0 Å². The van der Waals surface area contributed by atoms with E-state index >= 15 is 0 Å². The fourth-order valence-corrected chi connectivity index (χ4v) is 3.63. The number of hydrogen-bond acceptors (Lipinski definition) is 7. The molecule has 0 aromatic rings. The molecule has 0 amide bonds. The van der Waals surface area contributed by atoms with Crippen molar-refractivity contribution in [3.8, 4) is 0 Å². The summed E-state index contributed by atoms with van der Waals surface area (Å²) in [5, 5.41) is 20.4. The van der Waals surface area contributed by atoms with Gasteiger partial charge in [-0.05, 0) is 38.7 Å². The number of hydrogen-bond donors (Lipinski definition) is 2. The molecule has 0 aliphatic carbocycles. The molecule has 7 nitrogen and oxygen atoms in total. The van der Waals surface area contributed by atoms with Gasteiger partial charge in [0, 0.05) is 18.7 Å². The topological polar surface area (TPSA) is 96.3 Å². The zero-order valence-corrected chi connectivity index (χ0v) is 16.8. The van der Waals surface area contributed by atoms with E-state index in [4.69, 9.17) is 9.47 Å². The van der Waals surface area contributed by atoms with E-state index in [1.54, 1.807) is 33.8 Å². The Hall–Kier alpha value is -1.70. The summed E-state index contributed by atoms with van der Waals surface area (Å²) in [6, 6.07) is -0.120. The Balaban J connectivity index is 2.03. The molecule has 1 saturated heterocycles. The summed E-state index contributed by atoms with van der Waals surface area (Å²) >= 11 is 0. The first-order chi connectivity index (χ1) is 12.6. The average Bonchev–Trinajstić information content (AvgIpc) is 3.20. The van der Waals surface area contributed by atoms with Crippen molar-refractivity contribution in [2.75, 3.05) is 19.7 Å². The number of rotatable bonds is 7. The van der Waals surface area contributed by atoms with E-state index in [1.807, 2.05) is 6.08 Å². The maximum atomic E-state index is 12.4. The first kappa shape index (κ1) is 21.6. The fraction of sp³-hybridized carbons (Fsp3) is 0.700. The minimum absolute atomic E-state index is 0.00159. The van der Waals surface area contributed by atoms with Crippen LogP contribution >= 0.6 is 0 Å². The van der Waals surface area contributed by atoms with Crippen LogP contribution < -0.4 is 0 Å². The van der Waals surface area contributed by atoms with Crippen LogP contribution in [0.25, 0.3) is 0 Å². The van der Waals surface area contributed by atoms with Gasteiger partial charge in [0.2, 0.25) is 0 Å². The molecule has 0 saturated carbocycles. The van der Waals surface area contributed by atoms with Crippen LogP contribution in [-0.4, -0.2) is 70.6 Å². The van der Waals surface area contributed by atoms with Crippen LogP contribution in [0.1, 0.15) is 41.0 Å². The molecule has 2 N–H and O–H groups in total. The summed E-state index contributed by atoms with van der Waals surface area (Å²) in [6.45, 7) is 9.68. The quantitative estimate of drug-likeness (QED) is 0.388. The number of allylic oxidation sites excluding steroid dienone is 1. The summed E-state index contributed by atoms with van der Waals surface area (Å²) in [7, 11) is 0. The number of aliphatic hydroxyl groups is 2. The molecule has 0 spiro atoms. The maximum Gasteiger partial charge on any atom is 0.341 e. The van der Waals surface area contributed by atoms with Crippen molar-refractivity contribution in [1.29, 1.82) is 0 Å². The van der Waals surface area contributed by atoms with Crippen molar-refractivity contribution >= 4 is 11.9 Å². The highest BCUT2D eigenvalue weighted by atomic mass is 16.6. The highest BCUT2D eigenvalue weighted by molar-refractivity contribution is 5.87. The van der Waals surface area contributed by atoms with Crippen LogP contribution in [0.3, 0.4) is 0 Å². The van der Waals surface area contributed by atoms with Gasteiger partial charge in [-0.25, -0.2) is 9.59 Å². The van der Waals surface area contributed by atoms with Gasteiger partial charge in [-0.3, -0.25) is 4.90 Å². The third-order valence-electron chi connectivity index (χ3n) is 5.64. The highest BCUT2D eigenvalue weighted by Gasteiger charge is 2.47. The highest BCUT2D eigenvalue weighted by Crippen LogP contribution is 2.32. The first-order valence-electron chi connectivity index (χ1n) is 9.47. The molecule has 2 rings (SSSR count). The molecule has 0 unspecified atom stereocenters. The summed E-state index contributed by atoms with van der Waals surface area (Å²) in [6.07, 6.45) is 2.87. The van der Waals surface area contributed by atoms with E-state index in [-0.39, 0.29) is 24.7 Å². The molecule has 2 heterocycles. The van der Waals surface area contributed by atoms with Crippen LogP contribution in [0, 0.1) is 5.92 Å². The van der Waals surface area contributed by atoms with Crippen molar-refractivity contribution in [1.82, 2.24) is 4.90 Å². The largest absolute Gasteiger partial charge is 0.459 e. The van der Waals surface area contributed by atoms with E-state index in [9.17, 15) is 19.8 Å². The normalized spacial score (nSPS) is 26.4. The first-order valence-corrected chi connectivity index (χ1v) is 9.47. The molecule has 2 aliphatic rings. The molecular weight excluding hydrogens is 350 g/mol. The molecule has 152 valence electrons. The number of esters is 2. The molecule has 0 aromatic heterocycles. The molecule has 2 aliphatic heterocycles. The zero-order valence-electron chi connectivity index (χ0n) is 16.8. The number of ether oxygens (including phenoxy) is 2. The van der Waals surface area contributed by atoms with Gasteiger partial charge in [-0.2, -0.15) is 0 Å². The van der Waals surface area contributed by atoms with Gasteiger partial charge in [0.25, 0.3) is 0 Å².